The number of fused-ring (bicyclic) bond motifs is 3. The minimum Gasteiger partial charge on any atom is -0.309 e. The lowest BCUT2D eigenvalue weighted by molar-refractivity contribution is 1.18. The van der Waals surface area contributed by atoms with E-state index in [1.807, 2.05) is 18.2 Å². The van der Waals surface area contributed by atoms with Crippen LogP contribution in [0.1, 0.15) is 11.1 Å². The van der Waals surface area contributed by atoms with Crippen LogP contribution in [0.5, 0.6) is 0 Å². The molecule has 7 aromatic carbocycles. The third-order valence-electron chi connectivity index (χ3n) is 9.43. The Morgan fingerprint density at radius 1 is 0.417 bits per heavy atom. The van der Waals surface area contributed by atoms with Gasteiger partial charge in [-0.1, -0.05) is 140 Å². The first-order valence-corrected chi connectivity index (χ1v) is 18.0. The van der Waals surface area contributed by atoms with Crippen LogP contribution in [0.25, 0.3) is 38.6 Å². The molecule has 1 heterocycles. The Labute approximate surface area is 280 Å². The average molecular weight is 628 g/mol. The lowest BCUT2D eigenvalue weighted by Gasteiger charge is -2.34. The Balaban J connectivity index is 1.42. The average Bonchev–Trinajstić information content (AvgIpc) is 3.50. The van der Waals surface area contributed by atoms with E-state index in [0.717, 1.165) is 43.8 Å². The van der Waals surface area contributed by atoms with E-state index < -0.39 is 8.07 Å². The summed E-state index contributed by atoms with van der Waals surface area (Å²) in [5.41, 5.74) is 5.83. The summed E-state index contributed by atoms with van der Waals surface area (Å²) in [5.74, 6) is 0. The molecule has 1 aromatic heterocycles. The fourth-order valence-electron chi connectivity index (χ4n) is 7.37. The van der Waals surface area contributed by atoms with Gasteiger partial charge in [0.05, 0.1) is 40.0 Å². The van der Waals surface area contributed by atoms with Crippen LogP contribution in [0.4, 0.5) is 0 Å². The fourth-order valence-corrected chi connectivity index (χ4v) is 12.1. The third-order valence-corrected chi connectivity index (χ3v) is 14.2. The zero-order valence-electron chi connectivity index (χ0n) is 26.1. The molecule has 0 aliphatic heterocycles. The van der Waals surface area contributed by atoms with Gasteiger partial charge in [0, 0.05) is 21.9 Å². The molecule has 0 aliphatic rings. The van der Waals surface area contributed by atoms with E-state index in [-0.39, 0.29) is 0 Å². The fraction of sp³-hybridized carbons (Fsp3) is 0. The van der Waals surface area contributed by atoms with Gasteiger partial charge in [-0.25, -0.2) is 0 Å². The zero-order valence-corrected chi connectivity index (χ0v) is 27.1. The Bertz CT molecular complexity index is 2370. The van der Waals surface area contributed by atoms with Crippen LogP contribution >= 0.6 is 0 Å². The number of benzene rings is 7. The van der Waals surface area contributed by atoms with Crippen molar-refractivity contribution in [2.75, 3.05) is 0 Å². The summed E-state index contributed by atoms with van der Waals surface area (Å²) in [7, 11) is -2.84. The number of hydrogen-bond donors (Lipinski definition) is 0. The van der Waals surface area contributed by atoms with Gasteiger partial charge in [0.1, 0.15) is 0 Å². The molecule has 0 fully saturated rings. The second kappa shape index (κ2) is 12.0. The van der Waals surface area contributed by atoms with Crippen molar-refractivity contribution >= 4 is 50.6 Å². The first kappa shape index (κ1) is 29.0. The molecule has 0 amide bonds. The topological polar surface area (TPSA) is 52.5 Å². The predicted octanol–water partition coefficient (Wildman–Crippen LogP) is 7.57. The SMILES string of the molecule is N#Cc1ccc(-n2c3ccccc3c3ccccc32)c(-c2ccc([Si](c3ccccc3)(c3ccccc3)c3ccccc3)cc2C#N)c1. The number of aromatic nitrogens is 1. The Morgan fingerprint density at radius 2 is 0.917 bits per heavy atom. The van der Waals surface area contributed by atoms with E-state index in [1.54, 1.807) is 0 Å². The van der Waals surface area contributed by atoms with Gasteiger partial charge >= 0.3 is 0 Å². The smallest absolute Gasteiger partial charge is 0.179 e. The maximum atomic E-state index is 10.9. The molecule has 8 aromatic rings. The number of hydrogen-bond acceptors (Lipinski definition) is 2. The Hall–Kier alpha value is -6.46. The van der Waals surface area contributed by atoms with Crippen LogP contribution in [0.2, 0.25) is 0 Å². The van der Waals surface area contributed by atoms with Crippen molar-refractivity contribution in [1.29, 1.82) is 10.5 Å². The number of nitriles is 2. The van der Waals surface area contributed by atoms with E-state index in [0.29, 0.717) is 11.1 Å². The highest BCUT2D eigenvalue weighted by Crippen LogP contribution is 2.37. The second-order valence-electron chi connectivity index (χ2n) is 11.9. The Kier molecular flexibility index (Phi) is 7.27. The van der Waals surface area contributed by atoms with Gasteiger partial charge < -0.3 is 4.57 Å². The van der Waals surface area contributed by atoms with Crippen molar-refractivity contribution in [3.05, 3.63) is 187 Å². The molecular weight excluding hydrogens is 599 g/mol. The molecule has 0 atom stereocenters. The van der Waals surface area contributed by atoms with Crippen molar-refractivity contribution in [1.82, 2.24) is 4.57 Å². The van der Waals surface area contributed by atoms with Crippen LogP contribution < -0.4 is 20.7 Å². The molecule has 0 spiro atoms. The molecule has 0 bridgehead atoms. The van der Waals surface area contributed by atoms with Crippen molar-refractivity contribution < 1.29 is 0 Å². The molecular formula is C44H29N3Si. The van der Waals surface area contributed by atoms with Crippen LogP contribution in [-0.4, -0.2) is 12.6 Å². The largest absolute Gasteiger partial charge is 0.309 e. The van der Waals surface area contributed by atoms with Crippen molar-refractivity contribution in [2.24, 2.45) is 0 Å². The normalized spacial score (nSPS) is 11.3. The van der Waals surface area contributed by atoms with Gasteiger partial charge in [0.15, 0.2) is 8.07 Å². The molecule has 8 rings (SSSR count). The summed E-state index contributed by atoms with van der Waals surface area (Å²) >= 11 is 0. The minimum atomic E-state index is -2.84. The molecule has 0 saturated carbocycles. The van der Waals surface area contributed by atoms with Gasteiger partial charge in [-0.3, -0.25) is 0 Å². The molecule has 0 saturated heterocycles. The second-order valence-corrected chi connectivity index (χ2v) is 15.7. The van der Waals surface area contributed by atoms with Gasteiger partial charge in [0.2, 0.25) is 0 Å². The van der Waals surface area contributed by atoms with Crippen molar-refractivity contribution in [3.63, 3.8) is 0 Å². The summed E-state index contributed by atoms with van der Waals surface area (Å²) in [5, 5.41) is 28.1. The molecule has 0 aliphatic carbocycles. The summed E-state index contributed by atoms with van der Waals surface area (Å²) < 4.78 is 2.26. The first-order valence-electron chi connectivity index (χ1n) is 16.0. The number of nitrogens with zero attached hydrogens (tertiary/aromatic N) is 3. The van der Waals surface area contributed by atoms with Crippen LogP contribution in [0, 0.1) is 22.7 Å². The van der Waals surface area contributed by atoms with Crippen molar-refractivity contribution in [3.8, 4) is 29.0 Å². The van der Waals surface area contributed by atoms with Gasteiger partial charge in [0.25, 0.3) is 0 Å². The summed E-state index contributed by atoms with van der Waals surface area (Å²) in [4.78, 5) is 0. The van der Waals surface area contributed by atoms with E-state index >= 15 is 0 Å². The maximum Gasteiger partial charge on any atom is 0.179 e. The predicted molar refractivity (Wildman–Crippen MR) is 199 cm³/mol. The van der Waals surface area contributed by atoms with Crippen molar-refractivity contribution in [2.45, 2.75) is 0 Å². The highest BCUT2D eigenvalue weighted by Gasteiger charge is 2.41. The molecule has 0 radical (unpaired) electrons. The van der Waals surface area contributed by atoms with Crippen LogP contribution in [0.15, 0.2) is 176 Å². The molecule has 224 valence electrons. The Morgan fingerprint density at radius 3 is 1.42 bits per heavy atom. The summed E-state index contributed by atoms with van der Waals surface area (Å²) in [6.07, 6.45) is 0. The molecule has 0 unspecified atom stereocenters. The van der Waals surface area contributed by atoms with Gasteiger partial charge in [-0.2, -0.15) is 10.5 Å². The standard InChI is InChI=1S/C44H29N3Si/c45-30-32-24-27-44(47-42-22-12-10-20-39(42)40-21-11-13-23-43(40)47)41(28-32)38-26-25-37(29-33(38)31-46)48(34-14-4-1-5-15-34,35-16-6-2-7-17-35)36-18-8-3-9-19-36/h1-29H. The molecule has 3 nitrogen and oxygen atoms in total. The summed E-state index contributed by atoms with van der Waals surface area (Å²) in [6.45, 7) is 0. The third kappa shape index (κ3) is 4.55. The van der Waals surface area contributed by atoms with E-state index in [2.05, 4.69) is 174 Å². The zero-order chi connectivity index (χ0) is 32.5. The van der Waals surface area contributed by atoms with Gasteiger partial charge in [-0.15, -0.1) is 0 Å². The maximum absolute atomic E-state index is 10.9. The minimum absolute atomic E-state index is 0.545. The quantitative estimate of drug-likeness (QED) is 0.141. The number of para-hydroxylation sites is 2. The number of rotatable bonds is 6. The first-order chi connectivity index (χ1) is 23.7. The molecule has 0 N–H and O–H groups in total. The monoisotopic (exact) mass is 627 g/mol. The highest BCUT2D eigenvalue weighted by atomic mass is 28.3. The molecule has 48 heavy (non-hydrogen) atoms. The van der Waals surface area contributed by atoms with Crippen LogP contribution in [-0.2, 0) is 0 Å². The highest BCUT2D eigenvalue weighted by molar-refractivity contribution is 7.19. The lowest BCUT2D eigenvalue weighted by Crippen LogP contribution is -2.74. The van der Waals surface area contributed by atoms with Gasteiger partial charge in [-0.05, 0) is 57.1 Å². The lowest BCUT2D eigenvalue weighted by atomic mass is 9.96. The molecule has 4 heteroatoms. The van der Waals surface area contributed by atoms with E-state index in [4.69, 9.17) is 0 Å². The van der Waals surface area contributed by atoms with Crippen LogP contribution in [0.3, 0.4) is 0 Å². The van der Waals surface area contributed by atoms with E-state index in [1.165, 1.54) is 15.6 Å². The summed E-state index contributed by atoms with van der Waals surface area (Å²) in [6, 6.07) is 66.1. The van der Waals surface area contributed by atoms with E-state index in [9.17, 15) is 10.5 Å².